The number of unbranched alkanes of at least 4 members (excludes halogenated alkanes) is 2. The van der Waals surface area contributed by atoms with Crippen molar-refractivity contribution in [3.05, 3.63) is 22.5 Å². The lowest BCUT2D eigenvalue weighted by Crippen LogP contribution is -2.26. The van der Waals surface area contributed by atoms with Gasteiger partial charge in [-0.25, -0.2) is 4.79 Å². The fraction of sp³-hybridized carbons (Fsp3) is 0.783. The largest absolute Gasteiger partial charge is 0.460 e. The third-order valence-corrected chi connectivity index (χ3v) is 5.74. The summed E-state index contributed by atoms with van der Waals surface area (Å²) in [4.78, 5) is 27.1. The van der Waals surface area contributed by atoms with Crippen LogP contribution in [0.5, 0.6) is 6.01 Å². The molecule has 2 rings (SSSR count). The number of aromatic amines is 1. The molecule has 8 heteroatoms. The molecule has 2 N–H and O–H groups in total. The van der Waals surface area contributed by atoms with Gasteiger partial charge in [0, 0.05) is 13.6 Å². The van der Waals surface area contributed by atoms with Gasteiger partial charge in [0.2, 0.25) is 0 Å². The second-order valence-electron chi connectivity index (χ2n) is 8.52. The number of hydrogen-bond donors (Lipinski definition) is 2. The second kappa shape index (κ2) is 14.1. The van der Waals surface area contributed by atoms with Crippen LogP contribution in [0.2, 0.25) is 0 Å². The first-order valence-electron chi connectivity index (χ1n) is 12.0. The number of aromatic nitrogens is 4. The predicted molar refractivity (Wildman–Crippen MR) is 126 cm³/mol. The van der Waals surface area contributed by atoms with E-state index in [1.54, 1.807) is 17.9 Å². The van der Waals surface area contributed by atoms with Crippen LogP contribution in [0.1, 0.15) is 77.3 Å². The predicted octanol–water partition coefficient (Wildman–Crippen LogP) is 4.05. The highest BCUT2D eigenvalue weighted by Crippen LogP contribution is 2.12. The number of hydrogen-bond acceptors (Lipinski definition) is 6. The van der Waals surface area contributed by atoms with Gasteiger partial charge in [-0.2, -0.15) is 9.97 Å². The minimum atomic E-state index is -0.195. The van der Waals surface area contributed by atoms with Crippen LogP contribution < -0.4 is 15.7 Å². The Morgan fingerprint density at radius 3 is 2.55 bits per heavy atom. The summed E-state index contributed by atoms with van der Waals surface area (Å²) >= 11 is 0. The highest BCUT2D eigenvalue weighted by Gasteiger charge is 2.09. The van der Waals surface area contributed by atoms with Crippen molar-refractivity contribution in [2.24, 2.45) is 0 Å². The molecule has 1 aliphatic heterocycles. The molecule has 0 spiro atoms. The molecule has 176 valence electrons. The molecule has 0 unspecified atom stereocenters. The minimum absolute atomic E-state index is 0.0103. The zero-order chi connectivity index (χ0) is 22.5. The Morgan fingerprint density at radius 2 is 1.87 bits per heavy atom. The molecule has 1 atom stereocenters. The molecule has 1 aromatic rings. The van der Waals surface area contributed by atoms with Gasteiger partial charge in [0.25, 0.3) is 0 Å². The normalized spacial score (nSPS) is 15.7. The van der Waals surface area contributed by atoms with E-state index in [9.17, 15) is 4.79 Å². The Bertz CT molecular complexity index is 751. The highest BCUT2D eigenvalue weighted by molar-refractivity contribution is 5.37. The number of nitrogens with one attached hydrogen (secondary N) is 2. The maximum absolute atomic E-state index is 12.7. The van der Waals surface area contributed by atoms with Crippen molar-refractivity contribution in [3.63, 3.8) is 0 Å². The van der Waals surface area contributed by atoms with Crippen LogP contribution in [0.4, 0.5) is 5.82 Å². The van der Waals surface area contributed by atoms with Crippen LogP contribution in [0.3, 0.4) is 0 Å². The zero-order valence-electron chi connectivity index (χ0n) is 20.0. The summed E-state index contributed by atoms with van der Waals surface area (Å²) < 4.78 is 7.54. The van der Waals surface area contributed by atoms with Gasteiger partial charge in [0.1, 0.15) is 6.33 Å². The van der Waals surface area contributed by atoms with Crippen molar-refractivity contribution < 1.29 is 4.74 Å². The summed E-state index contributed by atoms with van der Waals surface area (Å²) in [6.45, 7) is 10.2. The van der Waals surface area contributed by atoms with Gasteiger partial charge < -0.3 is 19.9 Å². The minimum Gasteiger partial charge on any atom is -0.460 e. The van der Waals surface area contributed by atoms with Crippen LogP contribution in [-0.4, -0.2) is 57.2 Å². The lowest BCUT2D eigenvalue weighted by atomic mass is 10.2. The van der Waals surface area contributed by atoms with Gasteiger partial charge in [0.15, 0.2) is 5.82 Å². The number of ether oxygens (including phenoxy) is 1. The van der Waals surface area contributed by atoms with Crippen LogP contribution in [0.25, 0.3) is 0 Å². The number of anilines is 1. The fourth-order valence-corrected chi connectivity index (χ4v) is 3.93. The second-order valence-corrected chi connectivity index (χ2v) is 8.52. The number of aryl methyl sites for hydroxylation is 2. The quantitative estimate of drug-likeness (QED) is 0.511. The van der Waals surface area contributed by atoms with Gasteiger partial charge in [-0.1, -0.05) is 32.6 Å². The Balaban J connectivity index is 2.05. The molecule has 0 aromatic carbocycles. The van der Waals surface area contributed by atoms with Crippen molar-refractivity contribution in [2.45, 2.75) is 91.2 Å². The number of nitrogens with zero attached hydrogens (tertiary/aromatic N) is 4. The summed E-state index contributed by atoms with van der Waals surface area (Å²) in [5.41, 5.74) is 0.452. The molecule has 0 amide bonds. The molecule has 0 bridgehead atoms. The third-order valence-electron chi connectivity index (χ3n) is 5.74. The summed E-state index contributed by atoms with van der Waals surface area (Å²) in [6, 6.07) is 0.271. The number of rotatable bonds is 11. The molecular formula is C23H42N6O2. The molecule has 2 heterocycles. The van der Waals surface area contributed by atoms with Gasteiger partial charge in [0.05, 0.1) is 11.8 Å². The monoisotopic (exact) mass is 434 g/mol. The number of H-pyrrole nitrogens is 1. The molecule has 1 aromatic heterocycles. The van der Waals surface area contributed by atoms with Gasteiger partial charge in [-0.15, -0.1) is 0 Å². The van der Waals surface area contributed by atoms with Gasteiger partial charge in [-0.3, -0.25) is 4.57 Å². The molecule has 8 nitrogen and oxygen atoms in total. The smallest absolute Gasteiger partial charge is 0.326 e. The van der Waals surface area contributed by atoms with E-state index in [-0.39, 0.29) is 17.8 Å². The lowest BCUT2D eigenvalue weighted by molar-refractivity contribution is 0.192. The summed E-state index contributed by atoms with van der Waals surface area (Å²) in [5, 5.41) is 3.02. The first-order valence-corrected chi connectivity index (χ1v) is 12.0. The van der Waals surface area contributed by atoms with Crippen LogP contribution in [-0.2, 0) is 6.54 Å². The summed E-state index contributed by atoms with van der Waals surface area (Å²) in [6.07, 6.45) is 12.1. The van der Waals surface area contributed by atoms with E-state index >= 15 is 0 Å². The standard InChI is InChI=1S/C23H42N6O2/c1-5-13-19(2)31-22-25-18-29(23(30)26-20(3)21(24-4)27-22)17-12-8-11-16-28-14-9-6-7-10-15-28/h18-19,24H,5-17H2,1-4H3,(H,26,30)/t19-/m0/s1. The maximum Gasteiger partial charge on any atom is 0.326 e. The highest BCUT2D eigenvalue weighted by atomic mass is 16.5. The summed E-state index contributed by atoms with van der Waals surface area (Å²) in [7, 11) is 1.77. The Morgan fingerprint density at radius 1 is 1.16 bits per heavy atom. The van der Waals surface area contributed by atoms with E-state index < -0.39 is 0 Å². The third kappa shape index (κ3) is 9.29. The van der Waals surface area contributed by atoms with E-state index in [2.05, 4.69) is 32.1 Å². The van der Waals surface area contributed by atoms with Gasteiger partial charge in [-0.05, 0) is 65.6 Å². The van der Waals surface area contributed by atoms with Gasteiger partial charge >= 0.3 is 11.7 Å². The van der Waals surface area contributed by atoms with Crippen molar-refractivity contribution in [2.75, 3.05) is 32.0 Å². The first kappa shape index (κ1) is 25.2. The topological polar surface area (TPSA) is 88.1 Å². The van der Waals surface area contributed by atoms with Crippen molar-refractivity contribution >= 4 is 5.82 Å². The molecule has 0 saturated carbocycles. The first-order chi connectivity index (χ1) is 15.0. The lowest BCUT2D eigenvalue weighted by Gasteiger charge is -2.19. The average molecular weight is 435 g/mol. The SMILES string of the molecule is CCC[C@H](C)Oc1ncn(CCCCCN2CCCCCC2)c(=O)[nH]c(C)c(NC)n1. The molecule has 31 heavy (non-hydrogen) atoms. The van der Waals surface area contributed by atoms with Crippen molar-refractivity contribution in [1.29, 1.82) is 0 Å². The van der Waals surface area contributed by atoms with E-state index in [4.69, 9.17) is 4.74 Å². The van der Waals surface area contributed by atoms with E-state index in [0.717, 1.165) is 32.2 Å². The Kier molecular flexibility index (Phi) is 11.4. The molecular weight excluding hydrogens is 392 g/mol. The van der Waals surface area contributed by atoms with Crippen molar-refractivity contribution in [1.82, 2.24) is 24.4 Å². The summed E-state index contributed by atoms with van der Waals surface area (Å²) in [5.74, 6) is 0.545. The average Bonchev–Trinajstić information content (AvgIpc) is 2.99. The van der Waals surface area contributed by atoms with Crippen molar-refractivity contribution in [3.8, 4) is 6.01 Å². The van der Waals surface area contributed by atoms with E-state index in [1.807, 2.05) is 13.8 Å². The van der Waals surface area contributed by atoms with E-state index in [1.165, 1.54) is 45.2 Å². The zero-order valence-corrected chi connectivity index (χ0v) is 20.0. The fourth-order valence-electron chi connectivity index (χ4n) is 3.93. The molecule has 1 fully saturated rings. The maximum atomic E-state index is 12.7. The Hall–Kier alpha value is -2.09. The van der Waals surface area contributed by atoms with Crippen LogP contribution in [0.15, 0.2) is 11.1 Å². The Labute approximate surface area is 187 Å². The van der Waals surface area contributed by atoms with Crippen LogP contribution in [0, 0.1) is 6.92 Å². The number of likely N-dealkylation sites (tertiary alicyclic amines) is 1. The molecule has 1 saturated heterocycles. The molecule has 1 aliphatic rings. The molecule has 0 aliphatic carbocycles. The van der Waals surface area contributed by atoms with Crippen LogP contribution >= 0.6 is 0 Å². The molecule has 0 radical (unpaired) electrons. The van der Waals surface area contributed by atoms with E-state index in [0.29, 0.717) is 18.1 Å².